The third-order valence-corrected chi connectivity index (χ3v) is 3.15. The number of nitrogens with zero attached hydrogens (tertiary/aromatic N) is 3. The molecule has 25 heavy (non-hydrogen) atoms. The summed E-state index contributed by atoms with van der Waals surface area (Å²) in [6.07, 6.45) is 3.58. The zero-order valence-corrected chi connectivity index (χ0v) is 18.9. The van der Waals surface area contributed by atoms with Crippen molar-refractivity contribution in [3.8, 4) is 0 Å². The number of aromatic nitrogens is 3. The Morgan fingerprint density at radius 3 is 1.96 bits per heavy atom. The van der Waals surface area contributed by atoms with Crippen LogP contribution in [0.15, 0.2) is 6.20 Å². The van der Waals surface area contributed by atoms with Crippen molar-refractivity contribution in [2.24, 2.45) is 0 Å². The molecule has 0 amide bonds. The molecule has 0 radical (unpaired) electrons. The van der Waals surface area contributed by atoms with Crippen molar-refractivity contribution in [3.63, 3.8) is 0 Å². The largest absolute Gasteiger partial charge is 0.373 e. The topological polar surface area (TPSA) is 57.0 Å². The zero-order valence-electron chi connectivity index (χ0n) is 18.9. The van der Waals surface area contributed by atoms with Gasteiger partial charge in [0.25, 0.3) is 0 Å². The van der Waals surface area contributed by atoms with Gasteiger partial charge >= 0.3 is 0 Å². The molecule has 150 valence electrons. The van der Waals surface area contributed by atoms with Crippen molar-refractivity contribution in [1.82, 2.24) is 15.0 Å². The first-order chi connectivity index (χ1) is 11.7. The molecule has 0 bridgehead atoms. The summed E-state index contributed by atoms with van der Waals surface area (Å²) in [5.41, 5.74) is -0.0483. The van der Waals surface area contributed by atoms with E-state index in [0.717, 1.165) is 12.8 Å². The Kier molecular flexibility index (Phi) is 17.2. The van der Waals surface area contributed by atoms with Crippen molar-refractivity contribution in [2.45, 2.75) is 107 Å². The monoisotopic (exact) mass is 357 g/mol. The average Bonchev–Trinajstić information content (AvgIpc) is 3.10. The normalized spacial score (nSPS) is 10.4. The predicted molar refractivity (Wildman–Crippen MR) is 108 cm³/mol. The minimum Gasteiger partial charge on any atom is -0.373 e. The summed E-state index contributed by atoms with van der Waals surface area (Å²) >= 11 is 0. The number of rotatable bonds is 7. The molecule has 0 spiro atoms. The number of carbonyl (C=O) groups excluding carboxylic acids is 1. The van der Waals surface area contributed by atoms with Gasteiger partial charge < -0.3 is 4.74 Å². The van der Waals surface area contributed by atoms with Gasteiger partial charge in [-0.05, 0) is 34.1 Å². The zero-order chi connectivity index (χ0) is 20.7. The van der Waals surface area contributed by atoms with Crippen molar-refractivity contribution in [2.75, 3.05) is 6.61 Å². The van der Waals surface area contributed by atoms with Crippen molar-refractivity contribution >= 4 is 5.78 Å². The summed E-state index contributed by atoms with van der Waals surface area (Å²) in [5.74, 6) is -0.0362. The van der Waals surface area contributed by atoms with Gasteiger partial charge in [-0.1, -0.05) is 60.1 Å². The number of ether oxygens (including phenoxy) is 1. The highest BCUT2D eigenvalue weighted by atomic mass is 16.5. The molecule has 0 saturated carbocycles. The molecule has 0 atom stereocenters. The average molecular weight is 358 g/mol. The lowest BCUT2D eigenvalue weighted by atomic mass is 10.0. The Morgan fingerprint density at radius 1 is 1.08 bits per heavy atom. The molecular weight excluding hydrogens is 314 g/mol. The third-order valence-electron chi connectivity index (χ3n) is 3.15. The van der Waals surface area contributed by atoms with E-state index >= 15 is 0 Å². The number of Topliss-reactive ketones (excluding diaryl/α,β-unsaturated/α-hetero) is 1. The Labute approximate surface area is 156 Å². The van der Waals surface area contributed by atoms with E-state index in [9.17, 15) is 4.79 Å². The van der Waals surface area contributed by atoms with Crippen LogP contribution in [-0.2, 0) is 10.3 Å². The quantitative estimate of drug-likeness (QED) is 0.571. The maximum Gasteiger partial charge on any atom is 0.179 e. The molecule has 0 aliphatic heterocycles. The molecule has 1 rings (SSSR count). The van der Waals surface area contributed by atoms with Crippen LogP contribution in [0.3, 0.4) is 0 Å². The SMILES string of the molecule is CC.CC.CC.CCCC(C)(C)OCC(C)(C)n1nncc1C(C)=O. The molecule has 1 aromatic heterocycles. The van der Waals surface area contributed by atoms with Crippen LogP contribution in [0.4, 0.5) is 0 Å². The Morgan fingerprint density at radius 2 is 1.56 bits per heavy atom. The molecule has 1 heterocycles. The molecule has 0 aliphatic rings. The maximum atomic E-state index is 11.5. The summed E-state index contributed by atoms with van der Waals surface area (Å²) in [4.78, 5) is 11.5. The van der Waals surface area contributed by atoms with Gasteiger partial charge in [-0.25, -0.2) is 4.68 Å². The van der Waals surface area contributed by atoms with Gasteiger partial charge in [0.2, 0.25) is 0 Å². The first-order valence-electron chi connectivity index (χ1n) is 9.76. The van der Waals surface area contributed by atoms with Gasteiger partial charge in [0, 0.05) is 6.92 Å². The highest BCUT2D eigenvalue weighted by Gasteiger charge is 2.29. The van der Waals surface area contributed by atoms with Gasteiger partial charge in [0.1, 0.15) is 5.69 Å². The summed E-state index contributed by atoms with van der Waals surface area (Å²) < 4.78 is 7.64. The van der Waals surface area contributed by atoms with Crippen LogP contribution in [0.25, 0.3) is 0 Å². The van der Waals surface area contributed by atoms with E-state index in [-0.39, 0.29) is 11.4 Å². The molecule has 0 saturated heterocycles. The van der Waals surface area contributed by atoms with E-state index in [1.807, 2.05) is 55.4 Å². The van der Waals surface area contributed by atoms with Crippen LogP contribution in [0.2, 0.25) is 0 Å². The molecule has 5 nitrogen and oxygen atoms in total. The minimum absolute atomic E-state index is 0.0362. The number of hydrogen-bond acceptors (Lipinski definition) is 4. The lowest BCUT2D eigenvalue weighted by Crippen LogP contribution is -2.39. The number of carbonyl (C=O) groups is 1. The fourth-order valence-electron chi connectivity index (χ4n) is 2.03. The Bertz CT molecular complexity index is 438. The molecule has 5 heteroatoms. The van der Waals surface area contributed by atoms with E-state index in [1.165, 1.54) is 13.1 Å². The van der Waals surface area contributed by atoms with Crippen LogP contribution in [-0.4, -0.2) is 33.0 Å². The summed E-state index contributed by atoms with van der Waals surface area (Å²) in [5, 5.41) is 7.85. The fourth-order valence-corrected chi connectivity index (χ4v) is 2.03. The fraction of sp³-hybridized carbons (Fsp3) is 0.850. The van der Waals surface area contributed by atoms with Gasteiger partial charge in [0.15, 0.2) is 5.78 Å². The maximum absolute atomic E-state index is 11.5. The van der Waals surface area contributed by atoms with Gasteiger partial charge in [-0.2, -0.15) is 0 Å². The first-order valence-corrected chi connectivity index (χ1v) is 9.76. The van der Waals surface area contributed by atoms with E-state index in [4.69, 9.17) is 4.74 Å². The van der Waals surface area contributed by atoms with Crippen molar-refractivity contribution in [1.29, 1.82) is 0 Å². The molecule has 0 fully saturated rings. The van der Waals surface area contributed by atoms with E-state index in [0.29, 0.717) is 12.3 Å². The molecular formula is C20H43N3O2. The van der Waals surface area contributed by atoms with Crippen molar-refractivity contribution < 1.29 is 9.53 Å². The molecule has 0 aromatic carbocycles. The van der Waals surface area contributed by atoms with Crippen LogP contribution < -0.4 is 0 Å². The minimum atomic E-state index is -0.400. The lowest BCUT2D eigenvalue weighted by Gasteiger charge is -2.32. The second-order valence-electron chi connectivity index (χ2n) is 6.20. The highest BCUT2D eigenvalue weighted by molar-refractivity contribution is 5.92. The van der Waals surface area contributed by atoms with E-state index < -0.39 is 5.54 Å². The van der Waals surface area contributed by atoms with Crippen LogP contribution in [0.1, 0.15) is 106 Å². The van der Waals surface area contributed by atoms with Crippen LogP contribution >= 0.6 is 0 Å². The molecule has 0 N–H and O–H groups in total. The first kappa shape index (κ1) is 28.6. The smallest absolute Gasteiger partial charge is 0.179 e. The molecule has 1 aromatic rings. The van der Waals surface area contributed by atoms with Crippen LogP contribution in [0, 0.1) is 0 Å². The highest BCUT2D eigenvalue weighted by Crippen LogP contribution is 2.23. The lowest BCUT2D eigenvalue weighted by molar-refractivity contribution is -0.0587. The summed E-state index contributed by atoms with van der Waals surface area (Å²) in [7, 11) is 0. The second kappa shape index (κ2) is 15.1. The van der Waals surface area contributed by atoms with E-state index in [2.05, 4.69) is 31.1 Å². The second-order valence-corrected chi connectivity index (χ2v) is 6.20. The number of hydrogen-bond donors (Lipinski definition) is 0. The third kappa shape index (κ3) is 11.1. The van der Waals surface area contributed by atoms with Gasteiger partial charge in [-0.3, -0.25) is 4.79 Å². The molecule has 0 unspecified atom stereocenters. The Balaban J connectivity index is -0.000000725. The summed E-state index contributed by atoms with van der Waals surface area (Å²) in [6, 6.07) is 0. The Hall–Kier alpha value is -1.23. The van der Waals surface area contributed by atoms with Crippen molar-refractivity contribution in [3.05, 3.63) is 11.9 Å². The standard InChI is InChI=1S/C14H25N3O2.3C2H6/c1-7-8-14(5,6)19-10-13(3,4)17-12(11(2)18)9-15-16-17;3*1-2/h9H,7-8,10H2,1-6H3;3*1-2H3. The van der Waals surface area contributed by atoms with E-state index in [1.54, 1.807) is 4.68 Å². The summed E-state index contributed by atoms with van der Waals surface area (Å²) in [6.45, 7) is 24.3. The molecule has 0 aliphatic carbocycles. The van der Waals surface area contributed by atoms with Gasteiger partial charge in [0.05, 0.1) is 23.9 Å². The van der Waals surface area contributed by atoms with Crippen LogP contribution in [0.5, 0.6) is 0 Å². The van der Waals surface area contributed by atoms with Gasteiger partial charge in [-0.15, -0.1) is 5.10 Å². The predicted octanol–water partition coefficient (Wildman–Crippen LogP) is 5.89. The number of ketones is 1.